The van der Waals surface area contributed by atoms with Gasteiger partial charge in [-0.15, -0.1) is 0 Å². The second kappa shape index (κ2) is 9.54. The van der Waals surface area contributed by atoms with Crippen molar-refractivity contribution in [3.8, 4) is 0 Å². The van der Waals surface area contributed by atoms with Crippen molar-refractivity contribution in [3.63, 3.8) is 0 Å². The van der Waals surface area contributed by atoms with Gasteiger partial charge < -0.3 is 5.32 Å². The minimum absolute atomic E-state index is 0.0364. The Labute approximate surface area is 184 Å². The van der Waals surface area contributed by atoms with E-state index >= 15 is 0 Å². The summed E-state index contributed by atoms with van der Waals surface area (Å²) in [6, 6.07) is 19.2. The van der Waals surface area contributed by atoms with Gasteiger partial charge in [0.25, 0.3) is 0 Å². The monoisotopic (exact) mass is 446 g/mol. The molecular weight excluding hydrogens is 425 g/mol. The number of aryl methyl sites for hydroxylation is 1. The van der Waals surface area contributed by atoms with Gasteiger partial charge in [-0.05, 0) is 43.3 Å². The number of alkyl halides is 3. The fraction of sp³-hybridized carbons (Fsp3) is 0.208. The summed E-state index contributed by atoms with van der Waals surface area (Å²) in [5.41, 5.74) is 1.90. The van der Waals surface area contributed by atoms with Crippen LogP contribution in [0.3, 0.4) is 0 Å². The molecule has 0 aromatic heterocycles. The molecular formula is C24H22ClF3N2O. The van der Waals surface area contributed by atoms with Crippen molar-refractivity contribution in [2.75, 3.05) is 12.4 Å². The molecule has 0 radical (unpaired) electrons. The van der Waals surface area contributed by atoms with Crippen molar-refractivity contribution in [3.05, 3.63) is 100 Å². The van der Waals surface area contributed by atoms with Gasteiger partial charge in [-0.1, -0.05) is 71.8 Å². The standard InChI is InChI=1S/C24H22ClF3N2O/c1-16-8-10-17(11-9-16)15-30(2)22(18-6-4-3-5-7-18)23(31)29-21-14-19(24(26,27)28)12-13-20(21)25/h3-14,22H,15H2,1-2H3,(H,29,31). The van der Waals surface area contributed by atoms with E-state index in [-0.39, 0.29) is 10.7 Å². The number of likely N-dealkylation sites (N-methyl/N-ethyl adjacent to an activating group) is 1. The van der Waals surface area contributed by atoms with Gasteiger partial charge in [0.2, 0.25) is 5.91 Å². The molecule has 31 heavy (non-hydrogen) atoms. The molecule has 0 saturated heterocycles. The Kier molecular flexibility index (Phi) is 7.03. The molecule has 0 heterocycles. The Morgan fingerprint density at radius 3 is 2.29 bits per heavy atom. The third-order valence-electron chi connectivity index (χ3n) is 4.91. The van der Waals surface area contributed by atoms with Crippen molar-refractivity contribution in [1.82, 2.24) is 4.90 Å². The average Bonchev–Trinajstić information content (AvgIpc) is 2.71. The molecule has 7 heteroatoms. The molecule has 3 rings (SSSR count). The van der Waals surface area contributed by atoms with Crippen LogP contribution in [-0.4, -0.2) is 17.9 Å². The lowest BCUT2D eigenvalue weighted by Crippen LogP contribution is -2.34. The highest BCUT2D eigenvalue weighted by Crippen LogP contribution is 2.34. The van der Waals surface area contributed by atoms with Crippen LogP contribution in [0.15, 0.2) is 72.8 Å². The molecule has 0 aliphatic carbocycles. The largest absolute Gasteiger partial charge is 0.416 e. The Morgan fingerprint density at radius 2 is 1.68 bits per heavy atom. The number of amides is 1. The van der Waals surface area contributed by atoms with Crippen molar-refractivity contribution >= 4 is 23.2 Å². The van der Waals surface area contributed by atoms with Crippen LogP contribution in [0.25, 0.3) is 0 Å². The van der Waals surface area contributed by atoms with Gasteiger partial charge in [0.1, 0.15) is 6.04 Å². The average molecular weight is 447 g/mol. The Balaban J connectivity index is 1.89. The summed E-state index contributed by atoms with van der Waals surface area (Å²) in [6.45, 7) is 2.47. The Morgan fingerprint density at radius 1 is 1.03 bits per heavy atom. The predicted molar refractivity (Wildman–Crippen MR) is 117 cm³/mol. The van der Waals surface area contributed by atoms with E-state index < -0.39 is 23.7 Å². The van der Waals surface area contributed by atoms with Gasteiger partial charge in [0.15, 0.2) is 0 Å². The second-order valence-electron chi connectivity index (χ2n) is 7.40. The van der Waals surface area contributed by atoms with E-state index in [2.05, 4.69) is 5.32 Å². The van der Waals surface area contributed by atoms with Crippen molar-refractivity contribution < 1.29 is 18.0 Å². The minimum Gasteiger partial charge on any atom is -0.323 e. The zero-order valence-corrected chi connectivity index (χ0v) is 17.8. The molecule has 1 amide bonds. The van der Waals surface area contributed by atoms with Crippen LogP contribution in [0.2, 0.25) is 5.02 Å². The molecule has 3 aromatic rings. The van der Waals surface area contributed by atoms with E-state index in [1.165, 1.54) is 0 Å². The first kappa shape index (κ1) is 22.8. The highest BCUT2D eigenvalue weighted by molar-refractivity contribution is 6.33. The van der Waals surface area contributed by atoms with Gasteiger partial charge in [0.05, 0.1) is 16.3 Å². The summed E-state index contributed by atoms with van der Waals surface area (Å²) in [7, 11) is 1.80. The maximum Gasteiger partial charge on any atom is 0.416 e. The molecule has 0 spiro atoms. The fourth-order valence-electron chi connectivity index (χ4n) is 3.31. The molecule has 0 aliphatic rings. The number of hydrogen-bond donors (Lipinski definition) is 1. The van der Waals surface area contributed by atoms with Crippen LogP contribution in [0, 0.1) is 6.92 Å². The van der Waals surface area contributed by atoms with Gasteiger partial charge in [-0.3, -0.25) is 9.69 Å². The quantitative estimate of drug-likeness (QED) is 0.470. The zero-order valence-electron chi connectivity index (χ0n) is 17.1. The summed E-state index contributed by atoms with van der Waals surface area (Å²) in [5.74, 6) is -0.470. The molecule has 0 fully saturated rings. The van der Waals surface area contributed by atoms with Crippen LogP contribution >= 0.6 is 11.6 Å². The zero-order chi connectivity index (χ0) is 22.6. The van der Waals surface area contributed by atoms with Gasteiger partial charge in [-0.25, -0.2) is 0 Å². The van der Waals surface area contributed by atoms with E-state index in [0.717, 1.165) is 34.9 Å². The smallest absolute Gasteiger partial charge is 0.323 e. The number of rotatable bonds is 6. The molecule has 3 nitrogen and oxygen atoms in total. The van der Waals surface area contributed by atoms with Crippen LogP contribution < -0.4 is 5.32 Å². The lowest BCUT2D eigenvalue weighted by atomic mass is 10.0. The highest BCUT2D eigenvalue weighted by atomic mass is 35.5. The molecule has 0 saturated carbocycles. The summed E-state index contributed by atoms with van der Waals surface area (Å²) < 4.78 is 39.3. The Bertz CT molecular complexity index is 1040. The van der Waals surface area contributed by atoms with E-state index in [1.54, 1.807) is 7.05 Å². The van der Waals surface area contributed by atoms with Crippen LogP contribution in [0.5, 0.6) is 0 Å². The molecule has 1 N–H and O–H groups in total. The lowest BCUT2D eigenvalue weighted by molar-refractivity contribution is -0.137. The summed E-state index contributed by atoms with van der Waals surface area (Å²) >= 11 is 6.07. The fourth-order valence-corrected chi connectivity index (χ4v) is 3.48. The van der Waals surface area contributed by atoms with E-state index in [9.17, 15) is 18.0 Å². The first-order valence-electron chi connectivity index (χ1n) is 9.63. The van der Waals surface area contributed by atoms with Crippen LogP contribution in [0.4, 0.5) is 18.9 Å². The van der Waals surface area contributed by atoms with Crippen molar-refractivity contribution in [2.24, 2.45) is 0 Å². The first-order chi connectivity index (χ1) is 14.6. The summed E-state index contributed by atoms with van der Waals surface area (Å²) in [5, 5.41) is 2.62. The number of carbonyl (C=O) groups is 1. The molecule has 0 aliphatic heterocycles. The third kappa shape index (κ3) is 5.87. The topological polar surface area (TPSA) is 32.3 Å². The van der Waals surface area contributed by atoms with Gasteiger partial charge in [0, 0.05) is 6.54 Å². The molecule has 1 unspecified atom stereocenters. The number of nitrogens with zero attached hydrogens (tertiary/aromatic N) is 1. The number of anilines is 1. The molecule has 3 aromatic carbocycles. The van der Waals surface area contributed by atoms with Crippen LogP contribution in [-0.2, 0) is 17.5 Å². The normalized spacial score (nSPS) is 12.6. The highest BCUT2D eigenvalue weighted by Gasteiger charge is 2.32. The number of carbonyl (C=O) groups excluding carboxylic acids is 1. The number of hydrogen-bond acceptors (Lipinski definition) is 2. The van der Waals surface area contributed by atoms with Crippen molar-refractivity contribution in [1.29, 1.82) is 0 Å². The SMILES string of the molecule is Cc1ccc(CN(C)C(C(=O)Nc2cc(C(F)(F)F)ccc2Cl)c2ccccc2)cc1. The summed E-state index contributed by atoms with van der Waals surface area (Å²) in [4.78, 5) is 15.1. The Hall–Kier alpha value is -2.83. The maximum atomic E-state index is 13.2. The van der Waals surface area contributed by atoms with Gasteiger partial charge >= 0.3 is 6.18 Å². The predicted octanol–water partition coefficient (Wildman–Crippen LogP) is 6.48. The third-order valence-corrected chi connectivity index (χ3v) is 5.24. The number of nitrogens with one attached hydrogen (secondary N) is 1. The van der Waals surface area contributed by atoms with Crippen LogP contribution in [0.1, 0.15) is 28.3 Å². The maximum absolute atomic E-state index is 13.2. The number of benzene rings is 3. The van der Waals surface area contributed by atoms with E-state index in [4.69, 9.17) is 11.6 Å². The molecule has 162 valence electrons. The number of halogens is 4. The van der Waals surface area contributed by atoms with E-state index in [0.29, 0.717) is 6.54 Å². The molecule has 0 bridgehead atoms. The minimum atomic E-state index is -4.54. The van der Waals surface area contributed by atoms with Gasteiger partial charge in [-0.2, -0.15) is 13.2 Å². The summed E-state index contributed by atoms with van der Waals surface area (Å²) in [6.07, 6.45) is -4.54. The van der Waals surface area contributed by atoms with Crippen molar-refractivity contribution in [2.45, 2.75) is 25.7 Å². The first-order valence-corrected chi connectivity index (χ1v) is 10.0. The second-order valence-corrected chi connectivity index (χ2v) is 7.80. The molecule has 1 atom stereocenters. The lowest BCUT2D eigenvalue weighted by Gasteiger charge is -2.28. The van der Waals surface area contributed by atoms with E-state index in [1.807, 2.05) is 66.4 Å².